The predicted octanol–water partition coefficient (Wildman–Crippen LogP) is 5.00. The van der Waals surface area contributed by atoms with E-state index in [1.165, 1.54) is 10.3 Å². The number of likely N-dealkylation sites (N-methyl/N-ethyl adjacent to an activating group) is 1. The first-order valence-corrected chi connectivity index (χ1v) is 11.8. The number of carbonyl (C=O) groups excluding carboxylic acids is 1. The van der Waals surface area contributed by atoms with Crippen molar-refractivity contribution in [3.63, 3.8) is 0 Å². The number of anilines is 1. The van der Waals surface area contributed by atoms with Gasteiger partial charge in [0, 0.05) is 30.2 Å². The summed E-state index contributed by atoms with van der Waals surface area (Å²) in [5.41, 5.74) is 3.35. The Labute approximate surface area is 187 Å². The molecule has 0 saturated heterocycles. The Kier molecular flexibility index (Phi) is 7.75. The molecule has 0 N–H and O–H groups in total. The molecule has 0 radical (unpaired) electrons. The maximum atomic E-state index is 13.1. The first-order valence-electron chi connectivity index (χ1n) is 9.97. The highest BCUT2D eigenvalue weighted by Gasteiger charge is 2.21. The van der Waals surface area contributed by atoms with Crippen LogP contribution in [0.1, 0.15) is 17.5 Å². The molecule has 3 rings (SSSR count). The second-order valence-corrected chi connectivity index (χ2v) is 9.64. The fourth-order valence-corrected chi connectivity index (χ4v) is 5.05. The Balaban J connectivity index is 1.73. The van der Waals surface area contributed by atoms with Crippen LogP contribution in [0.5, 0.6) is 5.75 Å². The van der Waals surface area contributed by atoms with E-state index < -0.39 is 0 Å². The highest BCUT2D eigenvalue weighted by atomic mass is 32.2. The van der Waals surface area contributed by atoms with Crippen molar-refractivity contribution in [3.05, 3.63) is 47.5 Å². The zero-order valence-electron chi connectivity index (χ0n) is 18.3. The van der Waals surface area contributed by atoms with Crippen LogP contribution in [-0.2, 0) is 4.79 Å². The Morgan fingerprint density at radius 2 is 1.77 bits per heavy atom. The summed E-state index contributed by atoms with van der Waals surface area (Å²) in [7, 11) is 5.71. The fraction of sp³-hybridized carbons (Fsp3) is 0.391. The van der Waals surface area contributed by atoms with Gasteiger partial charge < -0.3 is 9.64 Å². The van der Waals surface area contributed by atoms with Crippen molar-refractivity contribution in [3.8, 4) is 5.75 Å². The van der Waals surface area contributed by atoms with Crippen molar-refractivity contribution in [1.29, 1.82) is 0 Å². The molecule has 0 fully saturated rings. The predicted molar refractivity (Wildman–Crippen MR) is 128 cm³/mol. The lowest BCUT2D eigenvalue weighted by atomic mass is 10.1. The standard InChI is InChI=1S/C23H29N3O2S2/c1-16-6-7-17(2)22-21(16)24-23(30-22)26(14-13-25(3)4)20(27)12-15-29-19-10-8-18(28-5)9-11-19/h6-11H,12-15H2,1-5H3. The van der Waals surface area contributed by atoms with E-state index in [1.807, 2.05) is 43.3 Å². The van der Waals surface area contributed by atoms with E-state index in [1.54, 1.807) is 30.2 Å². The number of amides is 1. The lowest BCUT2D eigenvalue weighted by molar-refractivity contribution is -0.118. The van der Waals surface area contributed by atoms with E-state index in [-0.39, 0.29) is 5.91 Å². The Morgan fingerprint density at radius 1 is 1.07 bits per heavy atom. The molecular formula is C23H29N3O2S2. The molecule has 0 aliphatic heterocycles. The van der Waals surface area contributed by atoms with Gasteiger partial charge in [0.05, 0.1) is 17.3 Å². The number of hydrogen-bond donors (Lipinski definition) is 0. The number of thioether (sulfide) groups is 1. The van der Waals surface area contributed by atoms with Gasteiger partial charge in [-0.15, -0.1) is 11.8 Å². The summed E-state index contributed by atoms with van der Waals surface area (Å²) in [5, 5.41) is 0.795. The smallest absolute Gasteiger partial charge is 0.229 e. The van der Waals surface area contributed by atoms with Crippen LogP contribution in [0.4, 0.5) is 5.13 Å². The molecular weight excluding hydrogens is 414 g/mol. The third-order valence-electron chi connectivity index (χ3n) is 4.88. The van der Waals surface area contributed by atoms with Crippen molar-refractivity contribution in [1.82, 2.24) is 9.88 Å². The van der Waals surface area contributed by atoms with Crippen molar-refractivity contribution < 1.29 is 9.53 Å². The van der Waals surface area contributed by atoms with Crippen LogP contribution < -0.4 is 9.64 Å². The lowest BCUT2D eigenvalue weighted by Crippen LogP contribution is -2.36. The number of nitrogens with zero attached hydrogens (tertiary/aromatic N) is 3. The zero-order chi connectivity index (χ0) is 21.7. The quantitative estimate of drug-likeness (QED) is 0.436. The monoisotopic (exact) mass is 443 g/mol. The molecule has 0 unspecified atom stereocenters. The SMILES string of the molecule is COc1ccc(SCCC(=O)N(CCN(C)C)c2nc3c(C)ccc(C)c3s2)cc1. The molecule has 0 aliphatic rings. The summed E-state index contributed by atoms with van der Waals surface area (Å²) >= 11 is 3.30. The summed E-state index contributed by atoms with van der Waals surface area (Å²) in [5.74, 6) is 1.69. The molecule has 0 atom stereocenters. The largest absolute Gasteiger partial charge is 0.497 e. The Morgan fingerprint density at radius 3 is 2.40 bits per heavy atom. The van der Waals surface area contributed by atoms with Gasteiger partial charge in [-0.2, -0.15) is 0 Å². The Bertz CT molecular complexity index is 961. The molecule has 160 valence electrons. The number of aromatic nitrogens is 1. The minimum atomic E-state index is 0.118. The minimum absolute atomic E-state index is 0.118. The van der Waals surface area contributed by atoms with Gasteiger partial charge >= 0.3 is 0 Å². The van der Waals surface area contributed by atoms with Crippen LogP contribution in [0.3, 0.4) is 0 Å². The summed E-state index contributed by atoms with van der Waals surface area (Å²) in [6.45, 7) is 5.60. The van der Waals surface area contributed by atoms with Crippen molar-refractivity contribution in [2.24, 2.45) is 0 Å². The number of benzene rings is 2. The number of methoxy groups -OCH3 is 1. The third-order valence-corrected chi connectivity index (χ3v) is 7.11. The number of rotatable bonds is 9. The molecule has 2 aromatic carbocycles. The fourth-order valence-electron chi connectivity index (χ4n) is 3.05. The molecule has 30 heavy (non-hydrogen) atoms. The second-order valence-electron chi connectivity index (χ2n) is 7.50. The van der Waals surface area contributed by atoms with E-state index in [0.29, 0.717) is 13.0 Å². The zero-order valence-corrected chi connectivity index (χ0v) is 19.9. The molecule has 0 bridgehead atoms. The maximum absolute atomic E-state index is 13.1. The van der Waals surface area contributed by atoms with Crippen LogP contribution in [0.25, 0.3) is 10.2 Å². The number of ether oxygens (including phenoxy) is 1. The number of thiazole rings is 1. The summed E-state index contributed by atoms with van der Waals surface area (Å²) in [4.78, 5) is 23.1. The molecule has 5 nitrogen and oxygen atoms in total. The molecule has 0 saturated carbocycles. The highest BCUT2D eigenvalue weighted by molar-refractivity contribution is 7.99. The molecule has 0 spiro atoms. The first kappa shape index (κ1) is 22.6. The van der Waals surface area contributed by atoms with Crippen molar-refractivity contribution in [2.75, 3.05) is 44.9 Å². The van der Waals surface area contributed by atoms with Gasteiger partial charge in [0.25, 0.3) is 0 Å². The van der Waals surface area contributed by atoms with Gasteiger partial charge in [0.1, 0.15) is 5.75 Å². The molecule has 7 heteroatoms. The van der Waals surface area contributed by atoms with Crippen LogP contribution in [-0.4, -0.2) is 55.8 Å². The van der Waals surface area contributed by atoms with Gasteiger partial charge in [-0.05, 0) is 63.3 Å². The lowest BCUT2D eigenvalue weighted by Gasteiger charge is -2.22. The molecule has 1 heterocycles. The van der Waals surface area contributed by atoms with Gasteiger partial charge in [-0.1, -0.05) is 23.5 Å². The van der Waals surface area contributed by atoms with E-state index in [0.717, 1.165) is 39.2 Å². The van der Waals surface area contributed by atoms with Crippen LogP contribution in [0, 0.1) is 13.8 Å². The van der Waals surface area contributed by atoms with Crippen molar-refractivity contribution >= 4 is 44.4 Å². The number of carbonyl (C=O) groups is 1. The van der Waals surface area contributed by atoms with Gasteiger partial charge in [-0.25, -0.2) is 4.98 Å². The average molecular weight is 444 g/mol. The summed E-state index contributed by atoms with van der Waals surface area (Å²) in [6, 6.07) is 12.2. The number of fused-ring (bicyclic) bond motifs is 1. The topological polar surface area (TPSA) is 45.7 Å². The number of hydrogen-bond acceptors (Lipinski definition) is 6. The summed E-state index contributed by atoms with van der Waals surface area (Å²) < 4.78 is 6.37. The Hall–Kier alpha value is -2.09. The van der Waals surface area contributed by atoms with Crippen LogP contribution >= 0.6 is 23.1 Å². The van der Waals surface area contributed by atoms with E-state index >= 15 is 0 Å². The van der Waals surface area contributed by atoms with E-state index in [2.05, 4.69) is 30.9 Å². The van der Waals surface area contributed by atoms with Crippen molar-refractivity contribution in [2.45, 2.75) is 25.2 Å². The van der Waals surface area contributed by atoms with Gasteiger partial charge in [0.15, 0.2) is 5.13 Å². The van der Waals surface area contributed by atoms with Gasteiger partial charge in [0.2, 0.25) is 5.91 Å². The normalized spacial score (nSPS) is 11.3. The molecule has 3 aromatic rings. The second kappa shape index (κ2) is 10.3. The van der Waals surface area contributed by atoms with Crippen LogP contribution in [0.15, 0.2) is 41.3 Å². The minimum Gasteiger partial charge on any atom is -0.497 e. The first-order chi connectivity index (χ1) is 14.4. The average Bonchev–Trinajstić information content (AvgIpc) is 3.18. The maximum Gasteiger partial charge on any atom is 0.229 e. The number of aryl methyl sites for hydroxylation is 2. The van der Waals surface area contributed by atoms with Gasteiger partial charge in [-0.3, -0.25) is 9.69 Å². The summed E-state index contributed by atoms with van der Waals surface area (Å²) in [6.07, 6.45) is 0.470. The molecule has 0 aliphatic carbocycles. The van der Waals surface area contributed by atoms with E-state index in [4.69, 9.17) is 9.72 Å². The highest BCUT2D eigenvalue weighted by Crippen LogP contribution is 2.33. The third kappa shape index (κ3) is 5.53. The molecule has 1 aromatic heterocycles. The van der Waals surface area contributed by atoms with Crippen LogP contribution in [0.2, 0.25) is 0 Å². The molecule has 1 amide bonds. The van der Waals surface area contributed by atoms with E-state index in [9.17, 15) is 4.79 Å².